The largest absolute Gasteiger partial charge is 0.371 e. The van der Waals surface area contributed by atoms with E-state index in [9.17, 15) is 0 Å². The zero-order valence-corrected chi connectivity index (χ0v) is 6.51. The average molecular weight is 155 g/mol. The van der Waals surface area contributed by atoms with Gasteiger partial charge in [-0.15, -0.1) is 0 Å². The van der Waals surface area contributed by atoms with Gasteiger partial charge in [-0.2, -0.15) is 0 Å². The van der Waals surface area contributed by atoms with Crippen LogP contribution in [0, 0.1) is 0 Å². The monoisotopic (exact) mass is 155 g/mol. The Balaban J connectivity index is 1.98. The molecule has 3 nitrogen and oxygen atoms in total. The lowest BCUT2D eigenvalue weighted by atomic mass is 10.0. The van der Waals surface area contributed by atoms with Gasteiger partial charge in [-0.25, -0.2) is 0 Å². The minimum Gasteiger partial charge on any atom is -0.371 e. The minimum absolute atomic E-state index is 0.106. The molecule has 1 N–H and O–H groups in total. The molecule has 2 rings (SSSR count). The minimum atomic E-state index is 0.106. The second-order valence-electron chi connectivity index (χ2n) is 3.04. The molecule has 0 aliphatic carbocycles. The molecule has 0 spiro atoms. The molecule has 2 heterocycles. The van der Waals surface area contributed by atoms with Crippen LogP contribution in [-0.2, 0) is 9.47 Å². The van der Waals surface area contributed by atoms with Crippen LogP contribution in [0.15, 0.2) is 12.2 Å². The first kappa shape index (κ1) is 7.28. The van der Waals surface area contributed by atoms with Gasteiger partial charge in [0.25, 0.3) is 0 Å². The third-order valence-corrected chi connectivity index (χ3v) is 2.09. The molecule has 2 aliphatic rings. The molecule has 0 aromatic carbocycles. The Labute approximate surface area is 66.4 Å². The topological polar surface area (TPSA) is 30.5 Å². The van der Waals surface area contributed by atoms with Crippen LogP contribution < -0.4 is 5.32 Å². The van der Waals surface area contributed by atoms with E-state index in [0.29, 0.717) is 6.61 Å². The summed E-state index contributed by atoms with van der Waals surface area (Å²) in [4.78, 5) is 0. The van der Waals surface area contributed by atoms with Crippen molar-refractivity contribution in [2.45, 2.75) is 18.8 Å². The van der Waals surface area contributed by atoms with E-state index in [1.807, 2.05) is 0 Å². The molecule has 11 heavy (non-hydrogen) atoms. The zero-order chi connectivity index (χ0) is 7.68. The Morgan fingerprint density at radius 2 is 2.18 bits per heavy atom. The van der Waals surface area contributed by atoms with Crippen LogP contribution in [-0.4, -0.2) is 32.1 Å². The van der Waals surface area contributed by atoms with Gasteiger partial charge < -0.3 is 9.47 Å². The summed E-state index contributed by atoms with van der Waals surface area (Å²) in [5.74, 6) is 0. The molecule has 2 fully saturated rings. The molecule has 2 aliphatic heterocycles. The summed E-state index contributed by atoms with van der Waals surface area (Å²) in [6.07, 6.45) is 1.25. The highest BCUT2D eigenvalue weighted by atomic mass is 16.6. The van der Waals surface area contributed by atoms with Gasteiger partial charge in [0, 0.05) is 6.54 Å². The molecule has 0 amide bonds. The number of hydrogen-bond donors (Lipinski definition) is 1. The first-order valence-electron chi connectivity index (χ1n) is 3.99. The Morgan fingerprint density at radius 1 is 1.36 bits per heavy atom. The van der Waals surface area contributed by atoms with Gasteiger partial charge >= 0.3 is 0 Å². The van der Waals surface area contributed by atoms with Crippen LogP contribution in [0.4, 0.5) is 0 Å². The predicted octanol–water partition coefficient (Wildman–Crippen LogP) is 0.277. The normalized spacial score (nSPS) is 38.4. The van der Waals surface area contributed by atoms with E-state index in [0.717, 1.165) is 19.6 Å². The van der Waals surface area contributed by atoms with E-state index < -0.39 is 0 Å². The molecule has 2 atom stereocenters. The van der Waals surface area contributed by atoms with Gasteiger partial charge in [0.1, 0.15) is 12.3 Å². The van der Waals surface area contributed by atoms with Gasteiger partial charge in [0.05, 0.1) is 13.2 Å². The van der Waals surface area contributed by atoms with Crippen LogP contribution in [0.2, 0.25) is 0 Å². The molecule has 0 aromatic rings. The second kappa shape index (κ2) is 2.93. The molecule has 62 valence electrons. The summed E-state index contributed by atoms with van der Waals surface area (Å²) in [5.41, 5.74) is 1.21. The van der Waals surface area contributed by atoms with E-state index in [4.69, 9.17) is 9.47 Å². The smallest absolute Gasteiger partial charge is 0.135 e. The molecule has 3 heteroatoms. The standard InChI is InChI=1S/C8H13NO2/c1-6-4-7-8(9-5-6)11-3-2-10-7/h7-9H,1-5H2. The fourth-order valence-electron chi connectivity index (χ4n) is 1.53. The van der Waals surface area contributed by atoms with Crippen LogP contribution in [0.25, 0.3) is 0 Å². The number of piperidine rings is 1. The van der Waals surface area contributed by atoms with Crippen molar-refractivity contribution >= 4 is 0 Å². The van der Waals surface area contributed by atoms with Crippen molar-refractivity contribution in [3.63, 3.8) is 0 Å². The maximum absolute atomic E-state index is 5.50. The number of fused-ring (bicyclic) bond motifs is 1. The number of rotatable bonds is 0. The van der Waals surface area contributed by atoms with Gasteiger partial charge in [0.15, 0.2) is 0 Å². The molecule has 2 unspecified atom stereocenters. The highest BCUT2D eigenvalue weighted by Gasteiger charge is 2.30. The van der Waals surface area contributed by atoms with Gasteiger partial charge in [-0.1, -0.05) is 12.2 Å². The van der Waals surface area contributed by atoms with Crippen molar-refractivity contribution in [3.05, 3.63) is 12.2 Å². The average Bonchev–Trinajstić information content (AvgIpc) is 2.04. The van der Waals surface area contributed by atoms with E-state index in [-0.39, 0.29) is 12.3 Å². The van der Waals surface area contributed by atoms with E-state index in [1.165, 1.54) is 5.57 Å². The Bertz CT molecular complexity index is 169. The first-order chi connectivity index (χ1) is 5.36. The van der Waals surface area contributed by atoms with E-state index in [2.05, 4.69) is 11.9 Å². The third kappa shape index (κ3) is 1.45. The van der Waals surface area contributed by atoms with Gasteiger partial charge in [-0.05, 0) is 6.42 Å². The molecule has 0 saturated carbocycles. The van der Waals surface area contributed by atoms with Crippen molar-refractivity contribution in [2.75, 3.05) is 19.8 Å². The third-order valence-electron chi connectivity index (χ3n) is 2.09. The van der Waals surface area contributed by atoms with Crippen LogP contribution >= 0.6 is 0 Å². The lowest BCUT2D eigenvalue weighted by Crippen LogP contribution is -2.51. The summed E-state index contributed by atoms with van der Waals surface area (Å²) >= 11 is 0. The maximum Gasteiger partial charge on any atom is 0.135 e. The van der Waals surface area contributed by atoms with Crippen LogP contribution in [0.1, 0.15) is 6.42 Å². The van der Waals surface area contributed by atoms with Gasteiger partial charge in [-0.3, -0.25) is 5.32 Å². The maximum atomic E-state index is 5.50. The number of hydrogen-bond acceptors (Lipinski definition) is 3. The Morgan fingerprint density at radius 3 is 3.09 bits per heavy atom. The van der Waals surface area contributed by atoms with Crippen LogP contribution in [0.3, 0.4) is 0 Å². The molecule has 0 radical (unpaired) electrons. The van der Waals surface area contributed by atoms with Crippen molar-refractivity contribution in [3.8, 4) is 0 Å². The van der Waals surface area contributed by atoms with Crippen molar-refractivity contribution in [2.24, 2.45) is 0 Å². The van der Waals surface area contributed by atoms with Crippen molar-refractivity contribution in [1.82, 2.24) is 5.32 Å². The van der Waals surface area contributed by atoms with Crippen molar-refractivity contribution < 1.29 is 9.47 Å². The van der Waals surface area contributed by atoms with E-state index >= 15 is 0 Å². The number of ether oxygens (including phenoxy) is 2. The summed E-state index contributed by atoms with van der Waals surface area (Å²) in [6, 6.07) is 0. The predicted molar refractivity (Wildman–Crippen MR) is 41.2 cm³/mol. The molecular weight excluding hydrogens is 142 g/mol. The zero-order valence-electron chi connectivity index (χ0n) is 6.51. The highest BCUT2D eigenvalue weighted by molar-refractivity contribution is 5.04. The van der Waals surface area contributed by atoms with Crippen molar-refractivity contribution in [1.29, 1.82) is 0 Å². The quantitative estimate of drug-likeness (QED) is 0.510. The highest BCUT2D eigenvalue weighted by Crippen LogP contribution is 2.19. The lowest BCUT2D eigenvalue weighted by Gasteiger charge is -2.36. The van der Waals surface area contributed by atoms with Crippen LogP contribution in [0.5, 0.6) is 0 Å². The summed E-state index contributed by atoms with van der Waals surface area (Å²) in [7, 11) is 0. The summed E-state index contributed by atoms with van der Waals surface area (Å²) < 4.78 is 11.0. The second-order valence-corrected chi connectivity index (χ2v) is 3.04. The Hall–Kier alpha value is -0.380. The molecule has 0 aromatic heterocycles. The summed E-state index contributed by atoms with van der Waals surface area (Å²) in [5, 5.41) is 3.22. The Kier molecular flexibility index (Phi) is 1.94. The van der Waals surface area contributed by atoms with Gasteiger partial charge in [0.2, 0.25) is 0 Å². The molecular formula is C8H13NO2. The fraction of sp³-hybridized carbons (Fsp3) is 0.750. The summed E-state index contributed by atoms with van der Waals surface area (Å²) in [6.45, 7) is 6.20. The SMILES string of the molecule is C=C1CNC2OCCOC2C1. The molecule has 0 bridgehead atoms. The first-order valence-corrected chi connectivity index (χ1v) is 3.99. The van der Waals surface area contributed by atoms with E-state index in [1.54, 1.807) is 0 Å². The fourth-order valence-corrected chi connectivity index (χ4v) is 1.53. The number of nitrogens with one attached hydrogen (secondary N) is 1. The lowest BCUT2D eigenvalue weighted by molar-refractivity contribution is -0.156. The molecule has 2 saturated heterocycles.